The normalized spacial score (nSPS) is 16.5. The summed E-state index contributed by atoms with van der Waals surface area (Å²) in [6.07, 6.45) is -0.671. The second kappa shape index (κ2) is 6.42. The lowest BCUT2D eigenvalue weighted by Crippen LogP contribution is -2.40. The lowest BCUT2D eigenvalue weighted by atomic mass is 9.97. The number of carbonyl (C=O) groups excluding carboxylic acids is 1. The number of amides is 1. The van der Waals surface area contributed by atoms with Crippen molar-refractivity contribution in [2.75, 3.05) is 6.54 Å². The zero-order valence-corrected chi connectivity index (χ0v) is 14.6. The molecule has 5 heteroatoms. The molecule has 2 aromatic carbocycles. The molecule has 1 amide bonds. The van der Waals surface area contributed by atoms with Gasteiger partial charge in [0.15, 0.2) is 5.43 Å². The van der Waals surface area contributed by atoms with Crippen molar-refractivity contribution in [2.24, 2.45) is 0 Å². The second-order valence-corrected chi connectivity index (χ2v) is 6.74. The van der Waals surface area contributed by atoms with Crippen LogP contribution in [0.4, 0.5) is 0 Å². The smallest absolute Gasteiger partial charge is 0.242 e. The number of pyridine rings is 1. The van der Waals surface area contributed by atoms with Gasteiger partial charge >= 0.3 is 0 Å². The largest absolute Gasteiger partial charge is 0.387 e. The quantitative estimate of drug-likeness (QED) is 0.773. The van der Waals surface area contributed by atoms with Crippen LogP contribution < -0.4 is 5.43 Å². The average Bonchev–Trinajstić information content (AvgIpc) is 2.65. The van der Waals surface area contributed by atoms with E-state index in [1.54, 1.807) is 17.0 Å². The van der Waals surface area contributed by atoms with Gasteiger partial charge in [0.05, 0.1) is 18.2 Å². The Morgan fingerprint density at radius 2 is 1.88 bits per heavy atom. The van der Waals surface area contributed by atoms with E-state index < -0.39 is 6.10 Å². The summed E-state index contributed by atoms with van der Waals surface area (Å²) in [7, 11) is 0. The number of aliphatic hydroxyl groups is 1. The summed E-state index contributed by atoms with van der Waals surface area (Å²) in [5.74, 6) is -0.0737. The van der Waals surface area contributed by atoms with Crippen LogP contribution in [0, 0.1) is 6.92 Å². The van der Waals surface area contributed by atoms with Crippen molar-refractivity contribution in [1.29, 1.82) is 0 Å². The van der Waals surface area contributed by atoms with Crippen molar-refractivity contribution < 1.29 is 9.90 Å². The van der Waals surface area contributed by atoms with Crippen LogP contribution in [-0.4, -0.2) is 27.0 Å². The van der Waals surface area contributed by atoms with Crippen molar-refractivity contribution in [3.8, 4) is 0 Å². The number of carbonyl (C=O) groups is 1. The minimum absolute atomic E-state index is 0.0379. The summed E-state index contributed by atoms with van der Waals surface area (Å²) in [5.41, 5.74) is 3.33. The SMILES string of the molecule is Cc1cc(=O)c2ccccc2n1CC(=O)N1Cc2ccccc2C(O)C1. The molecule has 1 N–H and O–H groups in total. The Kier molecular flexibility index (Phi) is 4.09. The van der Waals surface area contributed by atoms with Crippen LogP contribution in [0.5, 0.6) is 0 Å². The van der Waals surface area contributed by atoms with Gasteiger partial charge in [-0.3, -0.25) is 9.59 Å². The van der Waals surface area contributed by atoms with Gasteiger partial charge in [-0.25, -0.2) is 0 Å². The Morgan fingerprint density at radius 1 is 1.15 bits per heavy atom. The molecule has 0 saturated heterocycles. The van der Waals surface area contributed by atoms with Crippen LogP contribution in [0.2, 0.25) is 0 Å². The average molecular weight is 348 g/mol. The predicted octanol–water partition coefficient (Wildman–Crippen LogP) is 2.39. The number of β-amino-alcohol motifs (C(OH)–C–C–N with tert-alkyl or cyclic N) is 1. The van der Waals surface area contributed by atoms with Crippen LogP contribution >= 0.6 is 0 Å². The molecule has 1 aliphatic heterocycles. The van der Waals surface area contributed by atoms with E-state index in [-0.39, 0.29) is 24.4 Å². The summed E-state index contributed by atoms with van der Waals surface area (Å²) in [6, 6.07) is 16.5. The minimum atomic E-state index is -0.671. The first-order valence-electron chi connectivity index (χ1n) is 8.67. The van der Waals surface area contributed by atoms with E-state index in [1.165, 1.54) is 0 Å². The summed E-state index contributed by atoms with van der Waals surface area (Å²) in [6.45, 7) is 2.75. The summed E-state index contributed by atoms with van der Waals surface area (Å²) >= 11 is 0. The number of hydrogen-bond donors (Lipinski definition) is 1. The summed E-state index contributed by atoms with van der Waals surface area (Å²) in [4.78, 5) is 26.8. The monoisotopic (exact) mass is 348 g/mol. The third-order valence-electron chi connectivity index (χ3n) is 5.04. The molecular weight excluding hydrogens is 328 g/mol. The van der Waals surface area contributed by atoms with Gasteiger partial charge in [-0.15, -0.1) is 0 Å². The molecule has 2 heterocycles. The van der Waals surface area contributed by atoms with Crippen molar-refractivity contribution >= 4 is 16.8 Å². The second-order valence-electron chi connectivity index (χ2n) is 6.74. The lowest BCUT2D eigenvalue weighted by Gasteiger charge is -2.32. The Labute approximate surface area is 151 Å². The number of hydrogen-bond acceptors (Lipinski definition) is 3. The lowest BCUT2D eigenvalue weighted by molar-refractivity contribution is -0.134. The van der Waals surface area contributed by atoms with Crippen molar-refractivity contribution in [3.63, 3.8) is 0 Å². The molecule has 0 fully saturated rings. The minimum Gasteiger partial charge on any atom is -0.387 e. The fourth-order valence-corrected chi connectivity index (χ4v) is 3.67. The van der Waals surface area contributed by atoms with Crippen molar-refractivity contribution in [2.45, 2.75) is 26.1 Å². The van der Waals surface area contributed by atoms with Crippen LogP contribution in [0.15, 0.2) is 59.4 Å². The first-order valence-corrected chi connectivity index (χ1v) is 8.67. The molecule has 0 spiro atoms. The molecule has 5 nitrogen and oxygen atoms in total. The molecule has 1 unspecified atom stereocenters. The van der Waals surface area contributed by atoms with E-state index in [0.717, 1.165) is 22.3 Å². The van der Waals surface area contributed by atoms with Crippen LogP contribution in [0.25, 0.3) is 10.9 Å². The number of aliphatic hydroxyl groups excluding tert-OH is 1. The predicted molar refractivity (Wildman–Crippen MR) is 99.8 cm³/mol. The highest BCUT2D eigenvalue weighted by Gasteiger charge is 2.26. The first kappa shape index (κ1) is 16.5. The molecule has 132 valence electrons. The molecule has 0 aliphatic carbocycles. The van der Waals surface area contributed by atoms with Crippen molar-refractivity contribution in [1.82, 2.24) is 9.47 Å². The number of rotatable bonds is 2. The van der Waals surface area contributed by atoms with E-state index in [2.05, 4.69) is 0 Å². The Hall–Kier alpha value is -2.92. The van der Waals surface area contributed by atoms with Crippen LogP contribution in [0.1, 0.15) is 22.9 Å². The Bertz CT molecular complexity index is 1050. The van der Waals surface area contributed by atoms with Gasteiger partial charge in [0, 0.05) is 23.7 Å². The molecular formula is C21H20N2O3. The summed E-state index contributed by atoms with van der Waals surface area (Å²) in [5, 5.41) is 11.0. The Balaban J connectivity index is 1.66. The summed E-state index contributed by atoms with van der Waals surface area (Å²) < 4.78 is 1.87. The van der Waals surface area contributed by atoms with Crippen LogP contribution in [0.3, 0.4) is 0 Å². The van der Waals surface area contributed by atoms with Crippen molar-refractivity contribution in [3.05, 3.63) is 81.6 Å². The zero-order valence-electron chi connectivity index (χ0n) is 14.6. The molecule has 3 aromatic rings. The van der Waals surface area contributed by atoms with Gasteiger partial charge in [0.2, 0.25) is 5.91 Å². The number of aryl methyl sites for hydroxylation is 1. The number of fused-ring (bicyclic) bond motifs is 2. The Morgan fingerprint density at radius 3 is 2.73 bits per heavy atom. The fourth-order valence-electron chi connectivity index (χ4n) is 3.67. The molecule has 1 atom stereocenters. The van der Waals surface area contributed by atoms with Crippen LogP contribution in [-0.2, 0) is 17.9 Å². The van der Waals surface area contributed by atoms with E-state index in [9.17, 15) is 14.7 Å². The molecule has 26 heavy (non-hydrogen) atoms. The standard InChI is InChI=1S/C21H20N2O3/c1-14-10-19(24)17-8-4-5-9-18(17)23(14)13-21(26)22-11-15-6-2-3-7-16(15)20(25)12-22/h2-10,20,25H,11-13H2,1H3. The maximum absolute atomic E-state index is 12.9. The van der Waals surface area contributed by atoms with Gasteiger partial charge in [-0.1, -0.05) is 36.4 Å². The highest BCUT2D eigenvalue weighted by atomic mass is 16.3. The third-order valence-corrected chi connectivity index (χ3v) is 5.04. The molecule has 0 saturated carbocycles. The fraction of sp³-hybridized carbons (Fsp3) is 0.238. The van der Waals surface area contributed by atoms with E-state index >= 15 is 0 Å². The number of benzene rings is 2. The van der Waals surface area contributed by atoms with E-state index in [0.29, 0.717) is 11.9 Å². The highest BCUT2D eigenvalue weighted by Crippen LogP contribution is 2.26. The molecule has 0 radical (unpaired) electrons. The highest BCUT2D eigenvalue weighted by molar-refractivity contribution is 5.83. The molecule has 4 rings (SSSR count). The number of nitrogens with zero attached hydrogens (tertiary/aromatic N) is 2. The number of para-hydroxylation sites is 1. The first-order chi connectivity index (χ1) is 12.5. The van der Waals surface area contributed by atoms with Gasteiger partial charge in [-0.2, -0.15) is 0 Å². The molecule has 1 aromatic heterocycles. The third kappa shape index (κ3) is 2.80. The van der Waals surface area contributed by atoms with E-state index in [1.807, 2.05) is 54.0 Å². The zero-order chi connectivity index (χ0) is 18.3. The van der Waals surface area contributed by atoms with Gasteiger partial charge < -0.3 is 14.6 Å². The number of aromatic nitrogens is 1. The molecule has 0 bridgehead atoms. The van der Waals surface area contributed by atoms with Gasteiger partial charge in [-0.05, 0) is 30.2 Å². The van der Waals surface area contributed by atoms with Gasteiger partial charge in [0.25, 0.3) is 0 Å². The maximum Gasteiger partial charge on any atom is 0.242 e. The maximum atomic E-state index is 12.9. The topological polar surface area (TPSA) is 62.5 Å². The molecule has 1 aliphatic rings. The van der Waals surface area contributed by atoms with Gasteiger partial charge in [0.1, 0.15) is 6.54 Å². The van der Waals surface area contributed by atoms with E-state index in [4.69, 9.17) is 0 Å².